The zero-order valence-corrected chi connectivity index (χ0v) is 19.2. The highest BCUT2D eigenvalue weighted by Crippen LogP contribution is 2.35. The molecule has 0 aliphatic carbocycles. The number of rotatable bonds is 8. The monoisotopic (exact) mass is 487 g/mol. The zero-order chi connectivity index (χ0) is 21.9. The summed E-state index contributed by atoms with van der Waals surface area (Å²) in [4.78, 5) is 14.3. The number of hydrogen-bond acceptors (Lipinski definition) is 6. The minimum atomic E-state index is -3.88. The summed E-state index contributed by atoms with van der Waals surface area (Å²) >= 11 is 12.7. The maximum Gasteiger partial charge on any atom is 0.264 e. The Morgan fingerprint density at radius 2 is 1.90 bits per heavy atom. The van der Waals surface area contributed by atoms with Crippen LogP contribution >= 0.6 is 34.5 Å². The second-order valence-corrected chi connectivity index (χ2v) is 10.5. The first-order valence-corrected chi connectivity index (χ1v) is 11.8. The Bertz CT molecular complexity index is 1110. The molecule has 2 heterocycles. The first-order chi connectivity index (χ1) is 14.2. The predicted octanol–water partition coefficient (Wildman–Crippen LogP) is 4.48. The molecule has 2 N–H and O–H groups in total. The Balaban J connectivity index is 1.65. The van der Waals surface area contributed by atoms with Crippen molar-refractivity contribution in [3.8, 4) is 0 Å². The third kappa shape index (κ3) is 5.35. The van der Waals surface area contributed by atoms with Crippen molar-refractivity contribution in [2.75, 3.05) is 25.4 Å². The minimum absolute atomic E-state index is 0.0792. The van der Waals surface area contributed by atoms with Gasteiger partial charge in [-0.25, -0.2) is 8.42 Å². The molecule has 3 rings (SSSR count). The summed E-state index contributed by atoms with van der Waals surface area (Å²) < 4.78 is 33.1. The highest BCUT2D eigenvalue weighted by atomic mass is 35.5. The summed E-state index contributed by atoms with van der Waals surface area (Å²) in [6, 6.07) is 10.9. The summed E-state index contributed by atoms with van der Waals surface area (Å²) in [5.41, 5.74) is 0.693. The molecule has 0 saturated carbocycles. The van der Waals surface area contributed by atoms with E-state index in [2.05, 4.69) is 10.0 Å². The largest absolute Gasteiger partial charge is 0.468 e. The van der Waals surface area contributed by atoms with Crippen LogP contribution in [0.1, 0.15) is 22.2 Å². The number of amides is 1. The van der Waals surface area contributed by atoms with Crippen LogP contribution in [0.5, 0.6) is 0 Å². The molecule has 0 radical (unpaired) electrons. The average molecular weight is 488 g/mol. The SMILES string of the molecule is CN(C)[C@H](CNC(=O)c1ccc(NS(=O)(=O)c2cc(Cl)sc2Cl)cc1)c1ccco1. The zero-order valence-electron chi connectivity index (χ0n) is 16.1. The Labute approximate surface area is 188 Å². The van der Waals surface area contributed by atoms with Crippen LogP contribution in [0.4, 0.5) is 5.69 Å². The quantitative estimate of drug-likeness (QED) is 0.488. The fourth-order valence-corrected chi connectivity index (χ4v) is 5.93. The fraction of sp³-hybridized carbons (Fsp3) is 0.211. The number of halogens is 2. The maximum absolute atomic E-state index is 12.5. The Morgan fingerprint density at radius 3 is 2.43 bits per heavy atom. The van der Waals surface area contributed by atoms with E-state index in [0.717, 1.165) is 17.1 Å². The normalized spacial score (nSPS) is 12.7. The van der Waals surface area contributed by atoms with Crippen LogP contribution < -0.4 is 10.0 Å². The molecule has 1 amide bonds. The van der Waals surface area contributed by atoms with Crippen molar-refractivity contribution in [2.45, 2.75) is 10.9 Å². The van der Waals surface area contributed by atoms with E-state index in [4.69, 9.17) is 27.6 Å². The third-order valence-corrected chi connectivity index (χ3v) is 7.40. The van der Waals surface area contributed by atoms with Gasteiger partial charge in [0.25, 0.3) is 15.9 Å². The van der Waals surface area contributed by atoms with E-state index in [0.29, 0.717) is 17.8 Å². The molecule has 0 spiro atoms. The molecule has 0 aliphatic heterocycles. The molecule has 0 unspecified atom stereocenters. The number of furan rings is 1. The van der Waals surface area contributed by atoms with Crippen molar-refractivity contribution < 1.29 is 17.6 Å². The number of carbonyl (C=O) groups is 1. The van der Waals surface area contributed by atoms with Crippen LogP contribution in [0.15, 0.2) is 58.0 Å². The van der Waals surface area contributed by atoms with Crippen LogP contribution in [0, 0.1) is 0 Å². The molecule has 0 saturated heterocycles. The van der Waals surface area contributed by atoms with Gasteiger partial charge in [-0.2, -0.15) is 0 Å². The lowest BCUT2D eigenvalue weighted by atomic mass is 10.1. The molecule has 2 aromatic heterocycles. The Kier molecular flexibility index (Phi) is 7.10. The van der Waals surface area contributed by atoms with Gasteiger partial charge in [0.2, 0.25) is 0 Å². The van der Waals surface area contributed by atoms with Crippen LogP contribution in [0.25, 0.3) is 0 Å². The van der Waals surface area contributed by atoms with Crippen LogP contribution in [-0.2, 0) is 10.0 Å². The molecule has 160 valence electrons. The van der Waals surface area contributed by atoms with Gasteiger partial charge in [-0.3, -0.25) is 14.4 Å². The first kappa shape index (κ1) is 22.6. The van der Waals surface area contributed by atoms with E-state index < -0.39 is 10.0 Å². The maximum atomic E-state index is 12.5. The number of sulfonamides is 1. The van der Waals surface area contributed by atoms with Gasteiger partial charge < -0.3 is 9.73 Å². The first-order valence-electron chi connectivity index (χ1n) is 8.73. The number of benzene rings is 1. The van der Waals surface area contributed by atoms with Crippen LogP contribution in [-0.4, -0.2) is 39.9 Å². The summed E-state index contributed by atoms with van der Waals surface area (Å²) in [5.74, 6) is 0.465. The molecule has 0 fully saturated rings. The van der Waals surface area contributed by atoms with Gasteiger partial charge in [0.1, 0.15) is 15.0 Å². The molecule has 30 heavy (non-hydrogen) atoms. The Hall–Kier alpha value is -2.04. The van der Waals surface area contributed by atoms with Crippen molar-refractivity contribution in [1.29, 1.82) is 0 Å². The number of likely N-dealkylation sites (N-methyl/N-ethyl adjacent to an activating group) is 1. The molecular formula is C19H19Cl2N3O4S2. The fourth-order valence-electron chi connectivity index (χ4n) is 2.72. The van der Waals surface area contributed by atoms with E-state index in [1.54, 1.807) is 12.3 Å². The van der Waals surface area contributed by atoms with E-state index >= 15 is 0 Å². The predicted molar refractivity (Wildman–Crippen MR) is 119 cm³/mol. The molecular weight excluding hydrogens is 469 g/mol. The van der Waals surface area contributed by atoms with Crippen molar-refractivity contribution in [3.63, 3.8) is 0 Å². The average Bonchev–Trinajstić information content (AvgIpc) is 3.31. The van der Waals surface area contributed by atoms with Gasteiger partial charge in [0, 0.05) is 17.8 Å². The van der Waals surface area contributed by atoms with Gasteiger partial charge >= 0.3 is 0 Å². The van der Waals surface area contributed by atoms with Crippen molar-refractivity contribution in [2.24, 2.45) is 0 Å². The highest BCUT2D eigenvalue weighted by Gasteiger charge is 2.22. The van der Waals surface area contributed by atoms with E-state index in [9.17, 15) is 13.2 Å². The molecule has 3 aromatic rings. The third-order valence-electron chi connectivity index (χ3n) is 4.27. The summed E-state index contributed by atoms with van der Waals surface area (Å²) in [7, 11) is -0.0928. The second kappa shape index (κ2) is 9.40. The van der Waals surface area contributed by atoms with Crippen LogP contribution in [0.3, 0.4) is 0 Å². The van der Waals surface area contributed by atoms with Gasteiger partial charge in [-0.15, -0.1) is 11.3 Å². The molecule has 1 aromatic carbocycles. The van der Waals surface area contributed by atoms with Crippen LogP contribution in [0.2, 0.25) is 8.67 Å². The standard InChI is InChI=1S/C19H19Cl2N3O4S2/c1-24(2)14(15-4-3-9-28-15)11-22-19(25)12-5-7-13(8-6-12)23-30(26,27)16-10-17(20)29-18(16)21/h3-10,14,23H,11H2,1-2H3,(H,22,25)/t14-/m1/s1. The number of nitrogens with one attached hydrogen (secondary N) is 2. The minimum Gasteiger partial charge on any atom is -0.468 e. The molecule has 11 heteroatoms. The Morgan fingerprint density at radius 1 is 1.20 bits per heavy atom. The lowest BCUT2D eigenvalue weighted by Crippen LogP contribution is -2.34. The van der Waals surface area contributed by atoms with Gasteiger partial charge in [-0.05, 0) is 56.6 Å². The van der Waals surface area contributed by atoms with Crippen molar-refractivity contribution >= 4 is 56.2 Å². The highest BCUT2D eigenvalue weighted by molar-refractivity contribution is 7.93. The van der Waals surface area contributed by atoms with Crippen molar-refractivity contribution in [1.82, 2.24) is 10.2 Å². The lowest BCUT2D eigenvalue weighted by molar-refractivity contribution is 0.0939. The second-order valence-electron chi connectivity index (χ2n) is 6.58. The number of anilines is 1. The lowest BCUT2D eigenvalue weighted by Gasteiger charge is -2.22. The summed E-state index contributed by atoms with van der Waals surface area (Å²) in [5, 5.41) is 2.86. The van der Waals surface area contributed by atoms with E-state index in [-0.39, 0.29) is 25.5 Å². The topological polar surface area (TPSA) is 91.7 Å². The summed E-state index contributed by atoms with van der Waals surface area (Å²) in [6.45, 7) is 0.352. The molecule has 0 aliphatic rings. The summed E-state index contributed by atoms with van der Waals surface area (Å²) in [6.07, 6.45) is 1.59. The van der Waals surface area contributed by atoms with Gasteiger partial charge in [0.15, 0.2) is 0 Å². The number of thiophene rings is 1. The number of nitrogens with zero attached hydrogens (tertiary/aromatic N) is 1. The van der Waals surface area contributed by atoms with Crippen molar-refractivity contribution in [3.05, 3.63) is 68.7 Å². The molecule has 0 bridgehead atoms. The van der Waals surface area contributed by atoms with E-state index in [1.165, 1.54) is 30.3 Å². The molecule has 7 nitrogen and oxygen atoms in total. The van der Waals surface area contributed by atoms with Gasteiger partial charge in [0.05, 0.1) is 16.6 Å². The number of carbonyl (C=O) groups excluding carboxylic acids is 1. The van der Waals surface area contributed by atoms with Gasteiger partial charge in [-0.1, -0.05) is 23.2 Å². The van der Waals surface area contributed by atoms with E-state index in [1.807, 2.05) is 25.1 Å². The smallest absolute Gasteiger partial charge is 0.264 e. The number of hydrogen-bond donors (Lipinski definition) is 2. The molecule has 1 atom stereocenters.